The van der Waals surface area contributed by atoms with Gasteiger partial charge in [-0.3, -0.25) is 14.4 Å². The van der Waals surface area contributed by atoms with Crippen molar-refractivity contribution in [2.75, 3.05) is 21.1 Å². The molecule has 161 valence electrons. The molecule has 0 heterocycles. The van der Waals surface area contributed by atoms with Gasteiger partial charge in [0.2, 0.25) is 0 Å². The van der Waals surface area contributed by atoms with Crippen molar-refractivity contribution in [3.63, 3.8) is 0 Å². The molecule has 0 fully saturated rings. The Kier molecular flexibility index (Phi) is 23.5. The van der Waals surface area contributed by atoms with Crippen molar-refractivity contribution in [2.24, 2.45) is 15.0 Å². The van der Waals surface area contributed by atoms with E-state index in [1.165, 1.54) is 41.9 Å². The van der Waals surface area contributed by atoms with Gasteiger partial charge in [-0.15, -0.1) is 34.8 Å². The number of carbonyl (C=O) groups is 3. The zero-order valence-electron chi connectivity index (χ0n) is 16.0. The maximum atomic E-state index is 10.4. The number of halogens is 3. The Morgan fingerprint density at radius 3 is 0.786 bits per heavy atom. The standard InChI is InChI=1S/3C5H8ClNO2.Fe/c3*1-3(8)4(6)5(9)7-2;/h3*4H,1-2H3,(H,7,9);/q;;;+3/p-3. The van der Waals surface area contributed by atoms with Crippen LogP contribution < -0.4 is 15.3 Å². The van der Waals surface area contributed by atoms with Crippen molar-refractivity contribution >= 4 is 69.8 Å². The van der Waals surface area contributed by atoms with Gasteiger partial charge in [0.1, 0.15) is 16.1 Å². The van der Waals surface area contributed by atoms with E-state index in [9.17, 15) is 29.7 Å². The van der Waals surface area contributed by atoms with E-state index in [0.717, 1.165) is 0 Å². The third-order valence-electron chi connectivity index (χ3n) is 2.38. The summed E-state index contributed by atoms with van der Waals surface area (Å²) in [5.41, 5.74) is 0. The normalized spacial score (nSPS) is 14.7. The fourth-order valence-electron chi connectivity index (χ4n) is 0.862. The van der Waals surface area contributed by atoms with E-state index in [4.69, 9.17) is 34.8 Å². The monoisotopic (exact) mass is 500 g/mol. The zero-order valence-corrected chi connectivity index (χ0v) is 19.4. The molecule has 0 aliphatic heterocycles. The number of hydrogen-bond acceptors (Lipinski definition) is 9. The van der Waals surface area contributed by atoms with Crippen LogP contribution in [0.25, 0.3) is 0 Å². The molecule has 3 atom stereocenters. The molecule has 0 aromatic heterocycles. The van der Waals surface area contributed by atoms with Crippen molar-refractivity contribution < 1.29 is 46.8 Å². The minimum absolute atomic E-state index is 0. The first-order chi connectivity index (χ1) is 12.3. The molecule has 28 heavy (non-hydrogen) atoms. The summed E-state index contributed by atoms with van der Waals surface area (Å²) in [4.78, 5) is 40.6. The number of hydrogen-bond donors (Lipinski definition) is 0. The van der Waals surface area contributed by atoms with Gasteiger partial charge in [-0.05, 0) is 38.5 Å². The topological polar surface area (TPSA) is 157 Å². The third kappa shape index (κ3) is 16.9. The van der Waals surface area contributed by atoms with Crippen LogP contribution in [0.1, 0.15) is 20.8 Å². The third-order valence-corrected chi connectivity index (χ3v) is 3.86. The Morgan fingerprint density at radius 1 is 0.607 bits per heavy atom. The minimum atomic E-state index is -1.09. The molecule has 0 aliphatic carbocycles. The van der Waals surface area contributed by atoms with Crippen LogP contribution >= 0.6 is 34.8 Å². The summed E-state index contributed by atoms with van der Waals surface area (Å²) in [6.45, 7) is 3.75. The van der Waals surface area contributed by atoms with Gasteiger partial charge in [0.05, 0.1) is 0 Å². The van der Waals surface area contributed by atoms with Crippen LogP contribution in [0.3, 0.4) is 0 Å². The Morgan fingerprint density at radius 2 is 0.750 bits per heavy atom. The summed E-state index contributed by atoms with van der Waals surface area (Å²) < 4.78 is 0. The number of nitrogens with zero attached hydrogens (tertiary/aromatic N) is 3. The number of alkyl halides is 3. The van der Waals surface area contributed by atoms with E-state index >= 15 is 0 Å². The molecule has 0 saturated carbocycles. The van der Waals surface area contributed by atoms with Crippen LogP contribution in [-0.2, 0) is 31.5 Å². The summed E-state index contributed by atoms with van der Waals surface area (Å²) in [5.74, 6) is -2.84. The van der Waals surface area contributed by atoms with Crippen LogP contribution in [0.2, 0.25) is 0 Å². The smallest absolute Gasteiger partial charge is 0.861 e. The van der Waals surface area contributed by atoms with Crippen LogP contribution in [0.5, 0.6) is 0 Å². The van der Waals surface area contributed by atoms with Gasteiger partial charge < -0.3 is 30.3 Å². The average molecular weight is 502 g/mol. The van der Waals surface area contributed by atoms with Crippen LogP contribution in [0.15, 0.2) is 15.0 Å². The maximum absolute atomic E-state index is 10.4. The van der Waals surface area contributed by atoms with Crippen LogP contribution in [0, 0.1) is 0 Å². The maximum Gasteiger partial charge on any atom is 3.00 e. The first-order valence-corrected chi connectivity index (χ1v) is 8.43. The number of carbonyl (C=O) groups excluding carboxylic acids is 3. The van der Waals surface area contributed by atoms with E-state index in [2.05, 4.69) is 15.0 Å². The Labute approximate surface area is 189 Å². The van der Waals surface area contributed by atoms with E-state index < -0.39 is 33.8 Å². The first kappa shape index (κ1) is 34.3. The molecule has 0 spiro atoms. The SMILES string of the molecule is CN=C([O-])C(Cl)C(C)=O.CN=C([O-])C(Cl)C(C)=O.CN=C([O-])C(Cl)C(C)=O.[Fe+3]. The molecule has 0 amide bonds. The van der Waals surface area contributed by atoms with Gasteiger partial charge >= 0.3 is 17.1 Å². The molecule has 0 aromatic carbocycles. The van der Waals surface area contributed by atoms with Gasteiger partial charge in [0, 0.05) is 21.1 Å². The van der Waals surface area contributed by atoms with Gasteiger partial charge in [-0.25, -0.2) is 0 Å². The molecule has 0 N–H and O–H groups in total. The van der Waals surface area contributed by atoms with E-state index in [-0.39, 0.29) is 34.4 Å². The van der Waals surface area contributed by atoms with Crippen molar-refractivity contribution in [3.05, 3.63) is 0 Å². The summed E-state index contributed by atoms with van der Waals surface area (Å²) in [5, 5.41) is 28.0. The van der Waals surface area contributed by atoms with Gasteiger partial charge in [0.15, 0.2) is 17.3 Å². The zero-order chi connectivity index (χ0) is 22.3. The summed E-state index contributed by atoms with van der Waals surface area (Å²) in [6, 6.07) is 0. The molecule has 0 saturated heterocycles. The quantitative estimate of drug-likeness (QED) is 0.191. The second kappa shape index (κ2) is 19.1. The van der Waals surface area contributed by atoms with Crippen molar-refractivity contribution in [3.8, 4) is 0 Å². The Bertz CT molecular complexity index is 519. The predicted octanol–water partition coefficient (Wildman–Crippen LogP) is -1.29. The fourth-order valence-corrected chi connectivity index (χ4v) is 1.15. The predicted molar refractivity (Wildman–Crippen MR) is 101 cm³/mol. The summed E-state index contributed by atoms with van der Waals surface area (Å²) >= 11 is 15.8. The Hall–Kier alpha value is -1.19. The van der Waals surface area contributed by atoms with E-state index in [0.29, 0.717) is 0 Å². The molecule has 0 aromatic rings. The first-order valence-electron chi connectivity index (χ1n) is 7.12. The van der Waals surface area contributed by atoms with Crippen LogP contribution in [-0.4, -0.2) is 72.3 Å². The molecule has 0 bridgehead atoms. The molecular formula is C15H21Cl3FeN3O6. The number of Topliss-reactive ketones (excluding diaryl/α,β-unsaturated/α-hetero) is 3. The van der Waals surface area contributed by atoms with E-state index in [1.54, 1.807) is 0 Å². The van der Waals surface area contributed by atoms with Crippen molar-refractivity contribution in [1.29, 1.82) is 0 Å². The van der Waals surface area contributed by atoms with Crippen molar-refractivity contribution in [1.82, 2.24) is 0 Å². The molecule has 0 aliphatic rings. The number of rotatable bonds is 6. The summed E-state index contributed by atoms with van der Waals surface area (Å²) in [7, 11) is 3.92. The summed E-state index contributed by atoms with van der Waals surface area (Å²) in [6.07, 6.45) is 0. The molecule has 1 radical (unpaired) electrons. The van der Waals surface area contributed by atoms with Gasteiger partial charge in [-0.1, -0.05) is 0 Å². The van der Waals surface area contributed by atoms with Gasteiger partial charge in [0.25, 0.3) is 0 Å². The second-order valence-corrected chi connectivity index (χ2v) is 5.91. The van der Waals surface area contributed by atoms with Gasteiger partial charge in [-0.2, -0.15) is 0 Å². The molecule has 13 heteroatoms. The molecule has 3 unspecified atom stereocenters. The largest absolute Gasteiger partial charge is 3.00 e. The molecule has 9 nitrogen and oxygen atoms in total. The van der Waals surface area contributed by atoms with Crippen LogP contribution in [0.4, 0.5) is 0 Å². The molecule has 0 rings (SSSR count). The number of aliphatic imine (C=N–C) groups is 3. The van der Waals surface area contributed by atoms with Crippen molar-refractivity contribution in [2.45, 2.75) is 36.9 Å². The fraction of sp³-hybridized carbons (Fsp3) is 0.600. The average Bonchev–Trinajstić information content (AvgIpc) is 2.64. The van der Waals surface area contributed by atoms with E-state index in [1.807, 2.05) is 0 Å². The second-order valence-electron chi connectivity index (χ2n) is 4.61. The molecular weight excluding hydrogens is 480 g/mol. The Balaban J connectivity index is -0.000000152. The minimum Gasteiger partial charge on any atom is -0.861 e. The number of ketones is 3.